The second-order valence-electron chi connectivity index (χ2n) is 5.14. The zero-order valence-corrected chi connectivity index (χ0v) is 12.4. The Morgan fingerprint density at radius 2 is 1.85 bits per heavy atom. The van der Waals surface area contributed by atoms with Crippen LogP contribution in [0.4, 0.5) is 0 Å². The molecule has 0 unspecified atom stereocenters. The van der Waals surface area contributed by atoms with Gasteiger partial charge >= 0.3 is 0 Å². The Hall–Kier alpha value is -1.26. The van der Waals surface area contributed by atoms with Crippen molar-refractivity contribution in [2.24, 2.45) is 5.73 Å². The van der Waals surface area contributed by atoms with E-state index in [1.165, 1.54) is 12.8 Å². The lowest BCUT2D eigenvalue weighted by Gasteiger charge is -2.22. The molecular formula is C16H26N2O2. The standard InChI is InChI=1S/C16H26N2O2/c1-2-19-15-6-3-4-7-16(15)20-13-12-18(11-5-10-17)14-8-9-14/h3-4,6-7,14H,2,5,8-13,17H2,1H3. The van der Waals surface area contributed by atoms with E-state index in [1.807, 2.05) is 31.2 Å². The summed E-state index contributed by atoms with van der Waals surface area (Å²) in [5.74, 6) is 1.67. The fraction of sp³-hybridized carbons (Fsp3) is 0.625. The number of nitrogens with two attached hydrogens (primary N) is 1. The van der Waals surface area contributed by atoms with Gasteiger partial charge in [-0.3, -0.25) is 4.90 Å². The van der Waals surface area contributed by atoms with Gasteiger partial charge in [-0.05, 0) is 51.4 Å². The minimum absolute atomic E-state index is 0.658. The van der Waals surface area contributed by atoms with E-state index in [0.29, 0.717) is 13.2 Å². The average Bonchev–Trinajstić information content (AvgIpc) is 3.29. The van der Waals surface area contributed by atoms with Crippen molar-refractivity contribution in [2.75, 3.05) is 32.8 Å². The maximum absolute atomic E-state index is 5.88. The van der Waals surface area contributed by atoms with Crippen LogP contribution in [-0.2, 0) is 0 Å². The molecule has 0 aliphatic heterocycles. The van der Waals surface area contributed by atoms with Gasteiger partial charge < -0.3 is 15.2 Å². The Bertz CT molecular complexity index is 394. The first kappa shape index (κ1) is 15.1. The molecule has 0 spiro atoms. The van der Waals surface area contributed by atoms with Crippen LogP contribution in [0.3, 0.4) is 0 Å². The molecule has 1 saturated carbocycles. The third-order valence-electron chi connectivity index (χ3n) is 3.50. The quantitative estimate of drug-likeness (QED) is 0.713. The van der Waals surface area contributed by atoms with Crippen LogP contribution in [-0.4, -0.2) is 43.8 Å². The van der Waals surface area contributed by atoms with Crippen molar-refractivity contribution in [3.8, 4) is 11.5 Å². The third kappa shape index (κ3) is 4.69. The molecule has 1 aliphatic carbocycles. The normalized spacial score (nSPS) is 14.6. The molecule has 0 aromatic heterocycles. The van der Waals surface area contributed by atoms with Gasteiger partial charge in [0, 0.05) is 12.6 Å². The summed E-state index contributed by atoms with van der Waals surface area (Å²) in [6.45, 7) is 6.15. The molecule has 20 heavy (non-hydrogen) atoms. The first-order valence-electron chi connectivity index (χ1n) is 7.64. The summed E-state index contributed by atoms with van der Waals surface area (Å²) in [5, 5.41) is 0. The number of benzene rings is 1. The van der Waals surface area contributed by atoms with E-state index in [4.69, 9.17) is 15.2 Å². The molecule has 0 heterocycles. The number of rotatable bonds is 10. The van der Waals surface area contributed by atoms with Gasteiger partial charge in [-0.25, -0.2) is 0 Å². The lowest BCUT2D eigenvalue weighted by molar-refractivity contribution is 0.195. The summed E-state index contributed by atoms with van der Waals surface area (Å²) < 4.78 is 11.4. The van der Waals surface area contributed by atoms with Gasteiger partial charge in [0.2, 0.25) is 0 Å². The molecule has 4 heteroatoms. The van der Waals surface area contributed by atoms with E-state index < -0.39 is 0 Å². The average molecular weight is 278 g/mol. The van der Waals surface area contributed by atoms with Crippen molar-refractivity contribution in [2.45, 2.75) is 32.2 Å². The third-order valence-corrected chi connectivity index (χ3v) is 3.50. The van der Waals surface area contributed by atoms with Gasteiger partial charge in [0.25, 0.3) is 0 Å². The van der Waals surface area contributed by atoms with Crippen molar-refractivity contribution in [3.63, 3.8) is 0 Å². The minimum Gasteiger partial charge on any atom is -0.490 e. The maximum atomic E-state index is 5.88. The SMILES string of the molecule is CCOc1ccccc1OCCN(CCCN)C1CC1. The van der Waals surface area contributed by atoms with Crippen molar-refractivity contribution in [3.05, 3.63) is 24.3 Å². The molecule has 0 amide bonds. The van der Waals surface area contributed by atoms with E-state index >= 15 is 0 Å². The summed E-state index contributed by atoms with van der Waals surface area (Å²) in [7, 11) is 0. The Morgan fingerprint density at radius 1 is 1.15 bits per heavy atom. The summed E-state index contributed by atoms with van der Waals surface area (Å²) in [5.41, 5.74) is 5.60. The molecule has 2 N–H and O–H groups in total. The summed E-state index contributed by atoms with van der Waals surface area (Å²) in [4.78, 5) is 2.50. The number of para-hydroxylation sites is 2. The predicted molar refractivity (Wildman–Crippen MR) is 81.4 cm³/mol. The van der Waals surface area contributed by atoms with Crippen LogP contribution in [0.5, 0.6) is 11.5 Å². The number of hydrogen-bond donors (Lipinski definition) is 1. The Balaban J connectivity index is 1.79. The summed E-state index contributed by atoms with van der Waals surface area (Å²) in [6.07, 6.45) is 3.70. The summed E-state index contributed by atoms with van der Waals surface area (Å²) in [6, 6.07) is 8.62. The van der Waals surface area contributed by atoms with Crippen molar-refractivity contribution < 1.29 is 9.47 Å². The Labute approximate surface area is 121 Å². The smallest absolute Gasteiger partial charge is 0.161 e. The van der Waals surface area contributed by atoms with Crippen LogP contribution in [0.15, 0.2) is 24.3 Å². The van der Waals surface area contributed by atoms with Crippen LogP contribution in [0, 0.1) is 0 Å². The van der Waals surface area contributed by atoms with E-state index in [-0.39, 0.29) is 0 Å². The number of nitrogens with zero attached hydrogens (tertiary/aromatic N) is 1. The minimum atomic E-state index is 0.658. The van der Waals surface area contributed by atoms with E-state index in [2.05, 4.69) is 4.90 Å². The molecule has 0 bridgehead atoms. The van der Waals surface area contributed by atoms with Crippen molar-refractivity contribution in [1.82, 2.24) is 4.90 Å². The van der Waals surface area contributed by atoms with Crippen LogP contribution < -0.4 is 15.2 Å². The largest absolute Gasteiger partial charge is 0.490 e. The van der Waals surface area contributed by atoms with Gasteiger partial charge in [0.15, 0.2) is 11.5 Å². The van der Waals surface area contributed by atoms with Crippen LogP contribution in [0.25, 0.3) is 0 Å². The number of ether oxygens (including phenoxy) is 2. The van der Waals surface area contributed by atoms with Crippen LogP contribution in [0.2, 0.25) is 0 Å². The van der Waals surface area contributed by atoms with Crippen LogP contribution in [0.1, 0.15) is 26.2 Å². The van der Waals surface area contributed by atoms with Gasteiger partial charge in [0.05, 0.1) is 6.61 Å². The summed E-state index contributed by atoms with van der Waals surface area (Å²) >= 11 is 0. The highest BCUT2D eigenvalue weighted by atomic mass is 16.5. The first-order valence-corrected chi connectivity index (χ1v) is 7.64. The van der Waals surface area contributed by atoms with Crippen molar-refractivity contribution >= 4 is 0 Å². The molecule has 0 atom stereocenters. The molecule has 1 aliphatic rings. The zero-order chi connectivity index (χ0) is 14.2. The Morgan fingerprint density at radius 3 is 2.45 bits per heavy atom. The highest BCUT2D eigenvalue weighted by molar-refractivity contribution is 5.39. The molecule has 4 nitrogen and oxygen atoms in total. The van der Waals surface area contributed by atoms with Gasteiger partial charge in [0.1, 0.15) is 6.61 Å². The van der Waals surface area contributed by atoms with Gasteiger partial charge in [-0.2, -0.15) is 0 Å². The molecule has 1 fully saturated rings. The molecule has 112 valence electrons. The lowest BCUT2D eigenvalue weighted by Crippen LogP contribution is -2.32. The topological polar surface area (TPSA) is 47.7 Å². The maximum Gasteiger partial charge on any atom is 0.161 e. The van der Waals surface area contributed by atoms with E-state index in [9.17, 15) is 0 Å². The highest BCUT2D eigenvalue weighted by Crippen LogP contribution is 2.28. The van der Waals surface area contributed by atoms with Crippen molar-refractivity contribution in [1.29, 1.82) is 0 Å². The molecule has 0 radical (unpaired) electrons. The molecule has 1 aromatic carbocycles. The lowest BCUT2D eigenvalue weighted by atomic mass is 10.3. The second-order valence-corrected chi connectivity index (χ2v) is 5.14. The van der Waals surface area contributed by atoms with Gasteiger partial charge in [-0.15, -0.1) is 0 Å². The predicted octanol–water partition coefficient (Wildman–Crippen LogP) is 2.28. The molecule has 1 aromatic rings. The fourth-order valence-electron chi connectivity index (χ4n) is 2.33. The zero-order valence-electron chi connectivity index (χ0n) is 12.4. The van der Waals surface area contributed by atoms with Gasteiger partial charge in [-0.1, -0.05) is 12.1 Å². The molecule has 0 saturated heterocycles. The second kappa shape index (κ2) is 8.12. The molecular weight excluding hydrogens is 252 g/mol. The number of hydrogen-bond acceptors (Lipinski definition) is 4. The van der Waals surface area contributed by atoms with E-state index in [0.717, 1.165) is 43.6 Å². The fourth-order valence-corrected chi connectivity index (χ4v) is 2.33. The van der Waals surface area contributed by atoms with E-state index in [1.54, 1.807) is 0 Å². The monoisotopic (exact) mass is 278 g/mol. The van der Waals surface area contributed by atoms with Crippen LogP contribution >= 0.6 is 0 Å². The Kier molecular flexibility index (Phi) is 6.15. The molecule has 2 rings (SSSR count). The first-order chi connectivity index (χ1) is 9.85. The highest BCUT2D eigenvalue weighted by Gasteiger charge is 2.28.